The Morgan fingerprint density at radius 2 is 1.36 bits per heavy atom. The Morgan fingerprint density at radius 3 is 1.91 bits per heavy atom. The number of imide groups is 1. The van der Waals surface area contributed by atoms with Crippen LogP contribution in [-0.2, 0) is 88.5 Å². The number of amides is 8. The first-order chi connectivity index (χ1) is 41.6. The molecule has 1 unspecified atom stereocenters. The Labute approximate surface area is 526 Å². The highest BCUT2D eigenvalue weighted by molar-refractivity contribution is 7.89. The minimum atomic E-state index is -4.22. The molecule has 21 nitrogen and oxygen atoms in total. The van der Waals surface area contributed by atoms with Gasteiger partial charge in [-0.05, 0) is 84.7 Å². The number of rotatable bonds is 35. The second-order valence-electron chi connectivity index (χ2n) is 25.8. The van der Waals surface area contributed by atoms with E-state index in [-0.39, 0.29) is 110 Å². The van der Waals surface area contributed by atoms with Crippen LogP contribution >= 0.6 is 0 Å². The van der Waals surface area contributed by atoms with Gasteiger partial charge in [-0.1, -0.05) is 161 Å². The lowest BCUT2D eigenvalue weighted by Gasteiger charge is -2.40. The van der Waals surface area contributed by atoms with Gasteiger partial charge in [0.05, 0.1) is 30.3 Å². The highest BCUT2D eigenvalue weighted by Crippen LogP contribution is 2.30. The zero-order chi connectivity index (χ0) is 66.6. The van der Waals surface area contributed by atoms with E-state index in [9.17, 15) is 56.4 Å². The summed E-state index contributed by atoms with van der Waals surface area (Å²) in [5.41, 5.74) is 7.03. The van der Waals surface area contributed by atoms with Gasteiger partial charge in [0.1, 0.15) is 18.4 Å². The molecule has 0 aromatic heterocycles. The molecule has 1 saturated heterocycles. The first-order valence-corrected chi connectivity index (χ1v) is 32.4. The van der Waals surface area contributed by atoms with Gasteiger partial charge in [-0.25, -0.2) is 17.9 Å². The molecule has 7 N–H and O–H groups in total. The number of hydrogen-bond acceptors (Lipinski definition) is 14. The summed E-state index contributed by atoms with van der Waals surface area (Å²) in [6, 6.07) is 18.7. The summed E-state index contributed by atoms with van der Waals surface area (Å²) in [5.74, 6) is -5.36. The second-order valence-corrected chi connectivity index (χ2v) is 27.6. The molecule has 4 rings (SSSR count). The van der Waals surface area contributed by atoms with E-state index < -0.39 is 80.5 Å². The van der Waals surface area contributed by atoms with Crippen molar-refractivity contribution in [3.05, 3.63) is 118 Å². The standard InChI is InChI=1S/C67H96N8O13S/c1-42(2)52(39-51(76)23-18-15-19-34-75-56(78)36-45(6)63(75)83)61(81)71-53(24-20-33-70-65(68)85)55(77)37-46-25-29-48(30-26-46)40-88-57(79)38-47-27-31-49(32-28-47)41-89(86,87)73-60(80)44(5)35-54(43(3)4)74(13)64(84)59(66(7,8)9)72-62(82)58(69-12)67(10,11)50-21-16-14-17-22-50/h14,16-17,21-22,25-32,35,42-43,45,52-54,58-59,69H,15,18-20,23-24,33-34,36-41H2,1-13H3,(H,71,81)(H,72,82)(H,73,80)(H3,68,70,85)/b44-35+/t45?,52-,53-,54+,58+,59+/m0/s1. The fourth-order valence-electron chi connectivity index (χ4n) is 10.8. The molecule has 0 aliphatic carbocycles. The molecule has 22 heteroatoms. The van der Waals surface area contributed by atoms with E-state index in [4.69, 9.17) is 10.5 Å². The molecule has 0 saturated carbocycles. The fourth-order valence-corrected chi connectivity index (χ4v) is 11.9. The molecule has 0 bridgehead atoms. The number of Topliss-reactive ketones (excluding diaryl/α,β-unsaturated/α-hetero) is 2. The number of carbonyl (C=O) groups excluding carboxylic acids is 10. The minimum absolute atomic E-state index is 0.0215. The van der Waals surface area contributed by atoms with Crippen LogP contribution in [0.5, 0.6) is 0 Å². The van der Waals surface area contributed by atoms with E-state index in [1.165, 1.54) is 28.9 Å². The van der Waals surface area contributed by atoms with E-state index in [2.05, 4.69) is 26.0 Å². The number of likely N-dealkylation sites (tertiary alicyclic amines) is 1. The second kappa shape index (κ2) is 33.8. The number of urea groups is 1. The van der Waals surface area contributed by atoms with Crippen LogP contribution in [-0.4, -0.2) is 129 Å². The normalized spacial score (nSPS) is 15.6. The molecule has 1 aliphatic heterocycles. The molecular formula is C67H96N8O13S. The summed E-state index contributed by atoms with van der Waals surface area (Å²) in [4.78, 5) is 134. The number of nitrogens with two attached hydrogens (primary N) is 1. The van der Waals surface area contributed by atoms with Crippen LogP contribution in [0.4, 0.5) is 4.79 Å². The Balaban J connectivity index is 1.29. The predicted molar refractivity (Wildman–Crippen MR) is 340 cm³/mol. The lowest BCUT2D eigenvalue weighted by molar-refractivity contribution is -0.144. The van der Waals surface area contributed by atoms with Gasteiger partial charge in [-0.2, -0.15) is 0 Å². The van der Waals surface area contributed by atoms with Crippen LogP contribution in [0.2, 0.25) is 0 Å². The number of unbranched alkanes of at least 4 members (excludes halogenated alkanes) is 2. The molecule has 89 heavy (non-hydrogen) atoms. The molecule has 1 aliphatic rings. The molecule has 8 amide bonds. The van der Waals surface area contributed by atoms with Crippen molar-refractivity contribution < 1.29 is 61.1 Å². The third kappa shape index (κ3) is 23.1. The smallest absolute Gasteiger partial charge is 0.312 e. The highest BCUT2D eigenvalue weighted by atomic mass is 32.2. The number of likely N-dealkylation sites (N-methyl/N-ethyl adjacent to an activating group) is 2. The summed E-state index contributed by atoms with van der Waals surface area (Å²) in [6.45, 7) is 20.5. The molecule has 3 aromatic rings. The van der Waals surface area contributed by atoms with Crippen LogP contribution < -0.4 is 31.7 Å². The number of benzene rings is 3. The topological polar surface area (TPSA) is 307 Å². The Bertz CT molecular complexity index is 3100. The fraction of sp³-hybridized carbons (Fsp3) is 0.552. The van der Waals surface area contributed by atoms with Crippen molar-refractivity contribution in [3.63, 3.8) is 0 Å². The summed E-state index contributed by atoms with van der Waals surface area (Å²) in [7, 11) is -0.930. The van der Waals surface area contributed by atoms with E-state index >= 15 is 0 Å². The third-order valence-corrected chi connectivity index (χ3v) is 17.5. The van der Waals surface area contributed by atoms with Crippen molar-refractivity contribution in [3.8, 4) is 0 Å². The first-order valence-electron chi connectivity index (χ1n) is 30.7. The summed E-state index contributed by atoms with van der Waals surface area (Å²) in [5, 5.41) is 11.5. The van der Waals surface area contributed by atoms with Gasteiger partial charge >= 0.3 is 12.0 Å². The SMILES string of the molecule is CN[C@H](C(=O)N[C@H](C(=O)N(C)[C@H](/C=C(\C)C(=O)NS(=O)(=O)Cc1ccc(CC(=O)OCc2ccc(CC(=O)[C@H](CCCNC(N)=O)NC(=O)[C@@H](CC(=O)CCCCCN3C(=O)CC(C)C3=O)C(C)C)cc2)cc1)C(C)C)C(C)(C)C)C(C)(C)c1ccccc1. The third-order valence-electron chi connectivity index (χ3n) is 16.3. The van der Waals surface area contributed by atoms with E-state index in [0.29, 0.717) is 54.5 Å². The Morgan fingerprint density at radius 1 is 0.764 bits per heavy atom. The summed E-state index contributed by atoms with van der Waals surface area (Å²) < 4.78 is 34.4. The van der Waals surface area contributed by atoms with Crippen molar-refractivity contribution in [2.45, 2.75) is 182 Å². The van der Waals surface area contributed by atoms with Crippen LogP contribution in [0.15, 0.2) is 90.5 Å². The van der Waals surface area contributed by atoms with Crippen LogP contribution in [0.3, 0.4) is 0 Å². The van der Waals surface area contributed by atoms with Gasteiger partial charge < -0.3 is 36.6 Å². The number of carbonyl (C=O) groups is 10. The van der Waals surface area contributed by atoms with Crippen molar-refractivity contribution >= 4 is 69.0 Å². The monoisotopic (exact) mass is 1250 g/mol. The maximum absolute atomic E-state index is 14.4. The molecule has 1 fully saturated rings. The summed E-state index contributed by atoms with van der Waals surface area (Å²) >= 11 is 0. The maximum atomic E-state index is 14.4. The zero-order valence-electron chi connectivity index (χ0n) is 54.3. The van der Waals surface area contributed by atoms with Crippen LogP contribution in [0.25, 0.3) is 0 Å². The zero-order valence-corrected chi connectivity index (χ0v) is 55.1. The van der Waals surface area contributed by atoms with Crippen molar-refractivity contribution in [2.24, 2.45) is 34.8 Å². The van der Waals surface area contributed by atoms with Gasteiger partial charge in [-0.15, -0.1) is 0 Å². The number of ketones is 2. The van der Waals surface area contributed by atoms with Gasteiger partial charge in [-0.3, -0.25) is 48.1 Å². The average Bonchev–Trinajstić information content (AvgIpc) is 1.71. The van der Waals surface area contributed by atoms with Gasteiger partial charge in [0, 0.05) is 68.6 Å². The van der Waals surface area contributed by atoms with E-state index in [1.807, 2.05) is 92.6 Å². The number of nitrogens with one attached hydrogen (secondary N) is 5. The Kier molecular flexibility index (Phi) is 28.1. The van der Waals surface area contributed by atoms with Crippen LogP contribution in [0.1, 0.15) is 155 Å². The van der Waals surface area contributed by atoms with Gasteiger partial charge in [0.2, 0.25) is 39.6 Å². The average molecular weight is 1250 g/mol. The molecule has 1 heterocycles. The van der Waals surface area contributed by atoms with Crippen molar-refractivity contribution in [2.75, 3.05) is 27.2 Å². The minimum Gasteiger partial charge on any atom is -0.461 e. The molecule has 488 valence electrons. The van der Waals surface area contributed by atoms with Gasteiger partial charge in [0.15, 0.2) is 5.78 Å². The number of nitrogens with zero attached hydrogens (tertiary/aromatic N) is 2. The Hall–Kier alpha value is -7.59. The number of ether oxygens (including phenoxy) is 1. The molecule has 0 radical (unpaired) electrons. The summed E-state index contributed by atoms with van der Waals surface area (Å²) in [6.07, 6.45) is 4.07. The highest BCUT2D eigenvalue weighted by Gasteiger charge is 2.42. The molecule has 0 spiro atoms. The van der Waals surface area contributed by atoms with E-state index in [0.717, 1.165) is 5.56 Å². The number of hydrogen-bond donors (Lipinski definition) is 6. The van der Waals surface area contributed by atoms with Gasteiger partial charge in [0.25, 0.3) is 5.91 Å². The molecular weight excluding hydrogens is 1160 g/mol. The first kappa shape index (κ1) is 73.9. The lowest BCUT2D eigenvalue weighted by atomic mass is 9.76. The van der Waals surface area contributed by atoms with Crippen LogP contribution in [0, 0.1) is 29.1 Å². The van der Waals surface area contributed by atoms with Crippen molar-refractivity contribution in [1.29, 1.82) is 0 Å². The van der Waals surface area contributed by atoms with E-state index in [1.54, 1.807) is 63.5 Å². The molecule has 3 aromatic carbocycles. The maximum Gasteiger partial charge on any atom is 0.312 e. The number of primary amides is 1. The van der Waals surface area contributed by atoms with Crippen molar-refractivity contribution in [1.82, 2.24) is 35.8 Å². The predicted octanol–water partition coefficient (Wildman–Crippen LogP) is 6.68. The lowest BCUT2D eigenvalue weighted by Crippen LogP contribution is -2.61. The number of esters is 1. The quantitative estimate of drug-likeness (QED) is 0.0155. The number of sulfonamides is 1. The largest absolute Gasteiger partial charge is 0.461 e. The molecule has 6 atom stereocenters.